The van der Waals surface area contributed by atoms with Crippen LogP contribution in [0.4, 0.5) is 11.6 Å². The Balaban J connectivity index is 0.00000114. The van der Waals surface area contributed by atoms with Crippen molar-refractivity contribution in [2.24, 2.45) is 0 Å². The number of aromatic nitrogens is 10. The number of halogens is 1. The van der Waals surface area contributed by atoms with Crippen LogP contribution in [-0.4, -0.2) is 141 Å². The Kier molecular flexibility index (Phi) is 30.7. The molecular formula is C38H58BrN13NaO12P3. The first kappa shape index (κ1) is 61.6. The van der Waals surface area contributed by atoms with Crippen LogP contribution in [0.2, 0.25) is 0 Å². The van der Waals surface area contributed by atoms with Gasteiger partial charge in [-0.05, 0) is 40.9 Å². The number of ether oxygens (including phenoxy) is 5. The van der Waals surface area contributed by atoms with Gasteiger partial charge in [0.05, 0.1) is 44.8 Å². The van der Waals surface area contributed by atoms with Crippen molar-refractivity contribution in [1.29, 1.82) is 0 Å². The summed E-state index contributed by atoms with van der Waals surface area (Å²) in [5, 5.41) is 31.2. The number of carboxylic acid groups (broad SMARTS) is 1. The van der Waals surface area contributed by atoms with Crippen LogP contribution in [-0.2, 0) is 27.7 Å². The minimum atomic E-state index is -1.08. The molecule has 25 nitrogen and oxygen atoms in total. The van der Waals surface area contributed by atoms with Crippen LogP contribution >= 0.6 is 41.7 Å². The largest absolute Gasteiger partial charge is 1.00 e. The van der Waals surface area contributed by atoms with Gasteiger partial charge in [-0.3, -0.25) is 13.9 Å². The van der Waals surface area contributed by atoms with Gasteiger partial charge in [0.15, 0.2) is 51.9 Å². The van der Waals surface area contributed by atoms with Gasteiger partial charge in [0, 0.05) is 33.3 Å². The van der Waals surface area contributed by atoms with E-state index in [0.29, 0.717) is 64.1 Å². The quantitative estimate of drug-likeness (QED) is 0.0168. The van der Waals surface area contributed by atoms with Crippen LogP contribution in [0.25, 0.3) is 22.3 Å². The number of likely N-dealkylation sites (N-methyl/N-ethyl adjacent to an activating group) is 1. The molecule has 0 fully saturated rings. The second kappa shape index (κ2) is 33.9. The van der Waals surface area contributed by atoms with Crippen molar-refractivity contribution in [2.75, 3.05) is 66.2 Å². The molecule has 0 aliphatic rings. The van der Waals surface area contributed by atoms with Crippen molar-refractivity contribution in [2.45, 2.75) is 52.6 Å². The van der Waals surface area contributed by atoms with E-state index < -0.39 is 12.6 Å². The first-order chi connectivity index (χ1) is 32.2. The van der Waals surface area contributed by atoms with E-state index in [-0.39, 0.29) is 85.6 Å². The second-order valence-electron chi connectivity index (χ2n) is 13.1. The Morgan fingerprint density at radius 3 is 1.63 bits per heavy atom. The maximum absolute atomic E-state index is 11.7. The summed E-state index contributed by atoms with van der Waals surface area (Å²) in [5.41, 5.74) is 15.2. The number of carboxylic acids is 1. The minimum absolute atomic E-state index is 0. The van der Waals surface area contributed by atoms with Gasteiger partial charge in [0.25, 0.3) is 11.9 Å². The number of nitrogens with two attached hydrogens (primary N) is 2. The molecule has 0 saturated carbocycles. The minimum Gasteiger partial charge on any atom is -1.00 e. The zero-order valence-electron chi connectivity index (χ0n) is 39.7. The number of nitrogens with zero attached hydrogens (tertiary/aromatic N) is 11. The fraction of sp³-hybridized carbons (Fsp3) is 0.421. The van der Waals surface area contributed by atoms with Crippen LogP contribution < -0.4 is 64.7 Å². The third-order valence-electron chi connectivity index (χ3n) is 8.15. The fourth-order valence-corrected chi connectivity index (χ4v) is 5.59. The number of unbranched alkanes of at least 4 members (excludes halogenated alkanes) is 2. The smallest absolute Gasteiger partial charge is 1.00 e. The number of carbonyl (C=O) groups excluding carboxylic acids is 1. The Bertz CT molecular complexity index is 2450. The van der Waals surface area contributed by atoms with Gasteiger partial charge in [0.1, 0.15) is 0 Å². The Morgan fingerprint density at radius 1 is 0.750 bits per heavy atom. The molecule has 370 valence electrons. The van der Waals surface area contributed by atoms with Gasteiger partial charge < -0.3 is 51.7 Å². The molecule has 0 aliphatic heterocycles. The summed E-state index contributed by atoms with van der Waals surface area (Å²) in [4.78, 5) is 58.6. The number of hydrogen-bond acceptors (Lipinski definition) is 21. The first-order valence-corrected chi connectivity index (χ1v) is 25.3. The van der Waals surface area contributed by atoms with E-state index in [1.54, 1.807) is 42.9 Å². The summed E-state index contributed by atoms with van der Waals surface area (Å²) in [6.45, 7) is 5.19. The second-order valence-corrected chi connectivity index (χ2v) is 18.2. The number of fused-ring (bicyclic) bond motifs is 2. The number of rotatable bonds is 19. The van der Waals surface area contributed by atoms with Crippen LogP contribution in [0, 0.1) is 0 Å². The zero-order chi connectivity index (χ0) is 49.9. The normalized spacial score (nSPS) is 10.1. The standard InChI is InChI=1S/C19H24BrN7O3.C18H22N6O5.CH4O.Na.H2O3.H5P3.H/c1-4-5-9-29-19-24-16(21)15-17(25-19)27(18(20)23-15)10-12-7-6-8-13(22-12)30-11-14(28)26(2)3;1-3-4-8-28-17-22-15(19)14-16(23-17)24(18(21-14)27-2)9-11-6-5-7-12(20-11)29-10-13(25)26;1-2;;2*1-3-2;/h6-8H,4-5,9-11H2,1-3H3,(H2,21,24,25);5-7H,3-4,8-10H2,1-2H3,(H,25,26)(H2,19,22,23);2H,1H3;;1-2H;3H,1-2H2;/q;;;+1;;;-1. The number of amides is 1. The number of aliphatic hydroxyl groups excluding tert-OH is 1. The number of carbonyl (C=O) groups is 2. The molecule has 1 amide bonds. The molecule has 8 N–H and O–H groups in total. The zero-order valence-corrected chi connectivity index (χ0v) is 45.6. The predicted octanol–water partition coefficient (Wildman–Crippen LogP) is 1.68. The topological polar surface area (TPSA) is 339 Å². The van der Waals surface area contributed by atoms with Gasteiger partial charge in [-0.25, -0.2) is 30.3 Å². The third-order valence-corrected chi connectivity index (χ3v) is 8.76. The number of anilines is 2. The maximum Gasteiger partial charge on any atom is 1.00 e. The van der Waals surface area contributed by atoms with E-state index in [4.69, 9.17) is 55.9 Å². The number of aliphatic carboxylic acids is 1. The average Bonchev–Trinajstić information content (AvgIpc) is 3.82. The molecule has 0 spiro atoms. The summed E-state index contributed by atoms with van der Waals surface area (Å²) in [7, 11) is 11.9. The van der Waals surface area contributed by atoms with E-state index in [9.17, 15) is 9.59 Å². The molecule has 0 aromatic carbocycles. The number of nitrogen functional groups attached to an aromatic ring is 2. The molecule has 6 aromatic heterocycles. The SMILES string of the molecule is CCCCOc1nc(N)c2nc(Br)n(Cc3cccc(OCC(=O)N(C)C)n3)c2n1.CCCCOc1nc(N)c2nc(OC)n(Cc3cccc(OCC(=O)O)n3)c2n1.CO.OOO.PPP.[H-].[Na+]. The van der Waals surface area contributed by atoms with Crippen molar-refractivity contribution >= 4 is 87.6 Å². The molecule has 0 aliphatic carbocycles. The van der Waals surface area contributed by atoms with E-state index in [1.807, 2.05) is 16.7 Å². The Hall–Kier alpha value is -4.45. The van der Waals surface area contributed by atoms with Gasteiger partial charge in [0.2, 0.25) is 11.8 Å². The van der Waals surface area contributed by atoms with E-state index in [1.165, 1.54) is 12.0 Å². The van der Waals surface area contributed by atoms with Crippen molar-refractivity contribution in [3.63, 3.8) is 0 Å². The molecule has 6 heterocycles. The number of hydrogen-bond donors (Lipinski definition) is 6. The maximum atomic E-state index is 11.7. The van der Waals surface area contributed by atoms with E-state index in [0.717, 1.165) is 40.8 Å². The van der Waals surface area contributed by atoms with Crippen molar-refractivity contribution in [1.82, 2.24) is 53.9 Å². The average molecular weight is 1080 g/mol. The van der Waals surface area contributed by atoms with Crippen molar-refractivity contribution < 1.29 is 90.0 Å². The van der Waals surface area contributed by atoms with Crippen LogP contribution in [0.15, 0.2) is 41.1 Å². The van der Waals surface area contributed by atoms with Gasteiger partial charge in [-0.1, -0.05) is 51.8 Å². The summed E-state index contributed by atoms with van der Waals surface area (Å²) in [6.07, 6.45) is 3.76. The molecule has 68 heavy (non-hydrogen) atoms. The van der Waals surface area contributed by atoms with Crippen LogP contribution in [0.1, 0.15) is 52.3 Å². The van der Waals surface area contributed by atoms with Crippen molar-refractivity contribution in [3.05, 3.63) is 52.5 Å². The van der Waals surface area contributed by atoms with Crippen LogP contribution in [0.3, 0.4) is 0 Å². The summed E-state index contributed by atoms with van der Waals surface area (Å²) < 4.78 is 31.2. The van der Waals surface area contributed by atoms with Gasteiger partial charge in [-0.2, -0.15) is 24.9 Å². The molecule has 0 saturated heterocycles. The monoisotopic (exact) mass is 1080 g/mol. The van der Waals surface area contributed by atoms with Gasteiger partial charge >= 0.3 is 47.5 Å². The number of pyridine rings is 2. The molecule has 30 heteroatoms. The van der Waals surface area contributed by atoms with E-state index in [2.05, 4.69) is 92.5 Å². The Labute approximate surface area is 430 Å². The Morgan fingerprint density at radius 2 is 1.19 bits per heavy atom. The summed E-state index contributed by atoms with van der Waals surface area (Å²) in [6, 6.07) is 11.1. The summed E-state index contributed by atoms with van der Waals surface area (Å²) >= 11 is 3.45. The molecule has 2 unspecified atom stereocenters. The number of aliphatic hydroxyl groups is 1. The third kappa shape index (κ3) is 20.3. The fourth-order valence-electron chi connectivity index (χ4n) is 5.12. The molecule has 0 radical (unpaired) electrons. The number of imidazole rings is 2. The molecule has 0 bridgehead atoms. The summed E-state index contributed by atoms with van der Waals surface area (Å²) in [5.74, 6) is -0.231. The van der Waals surface area contributed by atoms with E-state index >= 15 is 0 Å². The molecular weight excluding hydrogens is 1030 g/mol. The van der Waals surface area contributed by atoms with Gasteiger partial charge in [-0.15, -0.1) is 17.9 Å². The van der Waals surface area contributed by atoms with Crippen molar-refractivity contribution in [3.8, 4) is 29.8 Å². The molecule has 6 rings (SSSR count). The predicted molar refractivity (Wildman–Crippen MR) is 262 cm³/mol. The molecule has 2 atom stereocenters. The number of methoxy groups -OCH3 is 1. The van der Waals surface area contributed by atoms with Crippen LogP contribution in [0.5, 0.6) is 29.8 Å². The first-order valence-electron chi connectivity index (χ1n) is 19.9. The molecule has 6 aromatic rings.